The number of carbonyl (C=O) groups is 1. The fraction of sp³-hybridized carbons (Fsp3) is 0.435. The van der Waals surface area contributed by atoms with Crippen LogP contribution in [0.15, 0.2) is 54.6 Å². The second-order valence-electron chi connectivity index (χ2n) is 7.77. The summed E-state index contributed by atoms with van der Waals surface area (Å²) in [4.78, 5) is 17.2. The van der Waals surface area contributed by atoms with Crippen molar-refractivity contribution in [1.82, 2.24) is 20.4 Å². The molecule has 3 rings (SSSR count). The normalized spacial score (nSPS) is 16.8. The summed E-state index contributed by atoms with van der Waals surface area (Å²) in [7, 11) is 4.00. The number of likely N-dealkylation sites (N-methyl/N-ethyl adjacent to an activating group) is 1. The molecule has 1 aliphatic heterocycles. The lowest BCUT2D eigenvalue weighted by atomic mass is 10.0. The van der Waals surface area contributed by atoms with Gasteiger partial charge in [-0.25, -0.2) is 4.79 Å². The average molecular weight is 431 g/mol. The van der Waals surface area contributed by atoms with E-state index in [1.165, 1.54) is 0 Å². The molecule has 1 heterocycles. The molecule has 162 valence electrons. The highest BCUT2D eigenvalue weighted by Crippen LogP contribution is 2.27. The fourth-order valence-electron chi connectivity index (χ4n) is 3.75. The van der Waals surface area contributed by atoms with Gasteiger partial charge in [0.15, 0.2) is 0 Å². The molecule has 1 saturated heterocycles. The molecule has 7 heteroatoms. The zero-order valence-electron chi connectivity index (χ0n) is 17.7. The largest absolute Gasteiger partial charge is 0.379 e. The third kappa shape index (κ3) is 6.44. The van der Waals surface area contributed by atoms with E-state index in [1.807, 2.05) is 68.7 Å². The molecule has 0 radical (unpaired) electrons. The molecule has 1 fully saturated rings. The Labute approximate surface area is 184 Å². The number of hydrogen-bond donors (Lipinski definition) is 2. The molecular weight excluding hydrogens is 400 g/mol. The predicted molar refractivity (Wildman–Crippen MR) is 121 cm³/mol. The molecule has 2 atom stereocenters. The maximum Gasteiger partial charge on any atom is 0.315 e. The molecule has 2 aromatic rings. The Balaban J connectivity index is 1.67. The van der Waals surface area contributed by atoms with Crippen LogP contribution in [-0.4, -0.2) is 69.3 Å². The van der Waals surface area contributed by atoms with Crippen molar-refractivity contribution in [3.63, 3.8) is 0 Å². The average Bonchev–Trinajstić information content (AvgIpc) is 2.76. The van der Waals surface area contributed by atoms with Gasteiger partial charge in [-0.1, -0.05) is 60.1 Å². The minimum absolute atomic E-state index is 0.00243. The van der Waals surface area contributed by atoms with E-state index >= 15 is 0 Å². The number of rotatable bonds is 8. The van der Waals surface area contributed by atoms with Gasteiger partial charge in [0.05, 0.1) is 25.3 Å². The highest BCUT2D eigenvalue weighted by Gasteiger charge is 2.25. The van der Waals surface area contributed by atoms with Crippen LogP contribution in [0.2, 0.25) is 5.02 Å². The molecule has 2 unspecified atom stereocenters. The number of carbonyl (C=O) groups excluding carboxylic acids is 1. The Kier molecular flexibility index (Phi) is 8.51. The molecule has 0 spiro atoms. The van der Waals surface area contributed by atoms with Gasteiger partial charge in [0.1, 0.15) is 0 Å². The lowest BCUT2D eigenvalue weighted by molar-refractivity contribution is 0.0167. The van der Waals surface area contributed by atoms with E-state index in [1.54, 1.807) is 0 Å². The molecular formula is C23H31ClN4O2. The van der Waals surface area contributed by atoms with Crippen LogP contribution in [0.3, 0.4) is 0 Å². The van der Waals surface area contributed by atoms with Gasteiger partial charge in [0, 0.05) is 31.2 Å². The predicted octanol–water partition coefficient (Wildman–Crippen LogP) is 3.32. The van der Waals surface area contributed by atoms with Crippen LogP contribution < -0.4 is 10.6 Å². The maximum atomic E-state index is 12.8. The van der Waals surface area contributed by atoms with Crippen molar-refractivity contribution in [3.8, 4) is 0 Å². The number of ether oxygens (including phenoxy) is 1. The van der Waals surface area contributed by atoms with Crippen molar-refractivity contribution in [2.24, 2.45) is 0 Å². The summed E-state index contributed by atoms with van der Waals surface area (Å²) in [5, 5.41) is 6.90. The zero-order valence-corrected chi connectivity index (χ0v) is 18.4. The Morgan fingerprint density at radius 3 is 2.43 bits per heavy atom. The summed E-state index contributed by atoms with van der Waals surface area (Å²) in [5.41, 5.74) is 2.10. The molecule has 0 bridgehead atoms. The van der Waals surface area contributed by atoms with E-state index in [4.69, 9.17) is 16.3 Å². The molecule has 30 heavy (non-hydrogen) atoms. The Hall–Kier alpha value is -2.12. The van der Waals surface area contributed by atoms with Crippen LogP contribution in [0.25, 0.3) is 0 Å². The third-order valence-electron chi connectivity index (χ3n) is 5.26. The second-order valence-corrected chi connectivity index (χ2v) is 8.17. The second kappa shape index (κ2) is 11.3. The summed E-state index contributed by atoms with van der Waals surface area (Å²) in [6, 6.07) is 17.6. The Morgan fingerprint density at radius 1 is 1.10 bits per heavy atom. The van der Waals surface area contributed by atoms with Gasteiger partial charge in [-0.3, -0.25) is 4.90 Å². The number of nitrogens with zero attached hydrogens (tertiary/aromatic N) is 2. The van der Waals surface area contributed by atoms with Crippen LogP contribution in [-0.2, 0) is 4.74 Å². The molecule has 2 N–H and O–H groups in total. The molecule has 1 aliphatic rings. The van der Waals surface area contributed by atoms with Crippen LogP contribution in [0.4, 0.5) is 4.79 Å². The van der Waals surface area contributed by atoms with Crippen LogP contribution >= 0.6 is 11.6 Å². The number of nitrogens with one attached hydrogen (secondary N) is 2. The SMILES string of the molecule is CN(C)CC(NC(=O)NCC(c1ccccc1Cl)N1CCOCC1)c1ccccc1. The van der Waals surface area contributed by atoms with E-state index in [2.05, 4.69) is 20.4 Å². The number of urea groups is 1. The van der Waals surface area contributed by atoms with Crippen molar-refractivity contribution >= 4 is 17.6 Å². The van der Waals surface area contributed by atoms with Crippen molar-refractivity contribution in [2.45, 2.75) is 12.1 Å². The minimum atomic E-state index is -0.184. The monoisotopic (exact) mass is 430 g/mol. The van der Waals surface area contributed by atoms with E-state index < -0.39 is 0 Å². The first kappa shape index (κ1) is 22.6. The Bertz CT molecular complexity index is 797. The number of halogens is 1. The van der Waals surface area contributed by atoms with Crippen LogP contribution in [0.1, 0.15) is 23.2 Å². The number of amides is 2. The van der Waals surface area contributed by atoms with Gasteiger partial charge in [0.2, 0.25) is 0 Å². The van der Waals surface area contributed by atoms with Gasteiger partial charge < -0.3 is 20.3 Å². The highest BCUT2D eigenvalue weighted by atomic mass is 35.5. The van der Waals surface area contributed by atoms with Gasteiger partial charge in [0.25, 0.3) is 0 Å². The van der Waals surface area contributed by atoms with Gasteiger partial charge in [-0.05, 0) is 31.3 Å². The summed E-state index contributed by atoms with van der Waals surface area (Å²) in [6.07, 6.45) is 0. The number of morpholine rings is 1. The lowest BCUT2D eigenvalue weighted by Gasteiger charge is -2.35. The molecule has 6 nitrogen and oxygen atoms in total. The van der Waals surface area contributed by atoms with Gasteiger partial charge in [-0.15, -0.1) is 0 Å². The summed E-state index contributed by atoms with van der Waals surface area (Å²) in [5.74, 6) is 0. The molecule has 0 saturated carbocycles. The van der Waals surface area contributed by atoms with Crippen molar-refractivity contribution < 1.29 is 9.53 Å². The summed E-state index contributed by atoms with van der Waals surface area (Å²) < 4.78 is 5.50. The number of benzene rings is 2. The van der Waals surface area contributed by atoms with E-state index in [-0.39, 0.29) is 18.1 Å². The van der Waals surface area contributed by atoms with Crippen LogP contribution in [0.5, 0.6) is 0 Å². The first-order valence-corrected chi connectivity index (χ1v) is 10.7. The molecule has 0 aromatic heterocycles. The number of hydrogen-bond acceptors (Lipinski definition) is 4. The first-order chi connectivity index (χ1) is 14.5. The summed E-state index contributed by atoms with van der Waals surface area (Å²) in [6.45, 7) is 4.19. The van der Waals surface area contributed by atoms with Crippen molar-refractivity contribution in [2.75, 3.05) is 53.5 Å². The van der Waals surface area contributed by atoms with Crippen molar-refractivity contribution in [3.05, 3.63) is 70.7 Å². The molecule has 0 aliphatic carbocycles. The quantitative estimate of drug-likeness (QED) is 0.674. The van der Waals surface area contributed by atoms with Crippen LogP contribution in [0, 0.1) is 0 Å². The van der Waals surface area contributed by atoms with E-state index in [0.29, 0.717) is 24.8 Å². The smallest absolute Gasteiger partial charge is 0.315 e. The third-order valence-corrected chi connectivity index (χ3v) is 5.61. The van der Waals surface area contributed by atoms with Gasteiger partial charge >= 0.3 is 6.03 Å². The van der Waals surface area contributed by atoms with Crippen molar-refractivity contribution in [1.29, 1.82) is 0 Å². The first-order valence-electron chi connectivity index (χ1n) is 10.3. The lowest BCUT2D eigenvalue weighted by Crippen LogP contribution is -2.47. The standard InChI is InChI=1S/C23H31ClN4O2/c1-27(2)17-21(18-8-4-3-5-9-18)26-23(29)25-16-22(28-12-14-30-15-13-28)19-10-6-7-11-20(19)24/h3-11,21-22H,12-17H2,1-2H3,(H2,25,26,29). The Morgan fingerprint density at radius 2 is 1.77 bits per heavy atom. The molecule has 2 aromatic carbocycles. The fourth-order valence-corrected chi connectivity index (χ4v) is 4.02. The maximum absolute atomic E-state index is 12.8. The van der Waals surface area contributed by atoms with E-state index in [9.17, 15) is 4.79 Å². The highest BCUT2D eigenvalue weighted by molar-refractivity contribution is 6.31. The summed E-state index contributed by atoms with van der Waals surface area (Å²) >= 11 is 6.48. The topological polar surface area (TPSA) is 56.8 Å². The minimum Gasteiger partial charge on any atom is -0.379 e. The van der Waals surface area contributed by atoms with E-state index in [0.717, 1.165) is 30.8 Å². The molecule has 2 amide bonds. The zero-order chi connectivity index (χ0) is 21.3. The van der Waals surface area contributed by atoms with Gasteiger partial charge in [-0.2, -0.15) is 0 Å².